The fourth-order valence-electron chi connectivity index (χ4n) is 3.14. The molecule has 0 amide bonds. The first kappa shape index (κ1) is 11.4. The van der Waals surface area contributed by atoms with E-state index in [9.17, 15) is 4.79 Å². The molecule has 2 nitrogen and oxygen atoms in total. The largest absolute Gasteiger partial charge is 0.310 e. The molecule has 1 N–H and O–H groups in total. The zero-order valence-electron chi connectivity index (χ0n) is 9.66. The van der Waals surface area contributed by atoms with Crippen molar-refractivity contribution in [2.24, 2.45) is 5.92 Å². The van der Waals surface area contributed by atoms with Crippen molar-refractivity contribution in [2.45, 2.75) is 37.8 Å². The minimum absolute atomic E-state index is 0.251. The maximum Gasteiger partial charge on any atom is 0.141 e. The zero-order chi connectivity index (χ0) is 11.8. The van der Waals surface area contributed by atoms with Gasteiger partial charge in [-0.1, -0.05) is 34.1 Å². The predicted molar refractivity (Wildman–Crippen MR) is 70.9 cm³/mol. The first-order chi connectivity index (χ1) is 8.24. The van der Waals surface area contributed by atoms with Crippen LogP contribution in [0.3, 0.4) is 0 Å². The highest BCUT2D eigenvalue weighted by Gasteiger charge is 2.42. The molecular weight excluding hydrogens is 278 g/mol. The molecule has 0 aliphatic carbocycles. The third kappa shape index (κ3) is 2.18. The monoisotopic (exact) mass is 293 g/mol. The van der Waals surface area contributed by atoms with Gasteiger partial charge in [0.25, 0.3) is 0 Å². The van der Waals surface area contributed by atoms with Gasteiger partial charge >= 0.3 is 0 Å². The summed E-state index contributed by atoms with van der Waals surface area (Å²) in [5.74, 6) is 0.650. The van der Waals surface area contributed by atoms with Gasteiger partial charge in [0.1, 0.15) is 5.78 Å². The smallest absolute Gasteiger partial charge is 0.141 e. The van der Waals surface area contributed by atoms with Crippen LogP contribution in [0.1, 0.15) is 24.8 Å². The number of carbonyl (C=O) groups is 1. The van der Waals surface area contributed by atoms with Crippen molar-refractivity contribution >= 4 is 21.7 Å². The molecular formula is C14H16BrNO. The van der Waals surface area contributed by atoms with Gasteiger partial charge < -0.3 is 5.32 Å². The van der Waals surface area contributed by atoms with Gasteiger partial charge in [-0.3, -0.25) is 4.79 Å². The van der Waals surface area contributed by atoms with Crippen molar-refractivity contribution in [2.75, 3.05) is 0 Å². The number of carbonyl (C=O) groups excluding carboxylic acids is 1. The topological polar surface area (TPSA) is 29.1 Å². The van der Waals surface area contributed by atoms with Gasteiger partial charge in [0.15, 0.2) is 0 Å². The van der Waals surface area contributed by atoms with E-state index in [2.05, 4.69) is 21.2 Å². The molecule has 0 spiro atoms. The van der Waals surface area contributed by atoms with Crippen LogP contribution in [0.2, 0.25) is 0 Å². The van der Waals surface area contributed by atoms with Crippen LogP contribution in [0, 0.1) is 5.92 Å². The van der Waals surface area contributed by atoms with Gasteiger partial charge in [-0.05, 0) is 30.9 Å². The molecule has 0 saturated carbocycles. The lowest BCUT2D eigenvalue weighted by Crippen LogP contribution is -2.29. The molecule has 2 aliphatic rings. The fraction of sp³-hybridized carbons (Fsp3) is 0.500. The van der Waals surface area contributed by atoms with Crippen LogP contribution in [0.15, 0.2) is 28.7 Å². The number of hydrogen-bond donors (Lipinski definition) is 1. The molecule has 3 heteroatoms. The molecule has 2 bridgehead atoms. The number of Topliss-reactive ketones (excluding diaryl/α,β-unsaturated/α-hetero) is 1. The van der Waals surface area contributed by atoms with E-state index in [1.807, 2.05) is 24.3 Å². The Bertz CT molecular complexity index is 446. The lowest BCUT2D eigenvalue weighted by atomic mass is 9.84. The molecule has 3 unspecified atom stereocenters. The fourth-order valence-corrected chi connectivity index (χ4v) is 3.57. The summed E-state index contributed by atoms with van der Waals surface area (Å²) in [6, 6.07) is 9.07. The first-order valence-corrected chi connectivity index (χ1v) is 7.05. The molecule has 1 aromatic carbocycles. The molecule has 90 valence electrons. The van der Waals surface area contributed by atoms with Crippen molar-refractivity contribution in [1.82, 2.24) is 5.32 Å². The third-order valence-electron chi connectivity index (χ3n) is 4.04. The Morgan fingerprint density at radius 2 is 2.18 bits per heavy atom. The highest BCUT2D eigenvalue weighted by Crippen LogP contribution is 2.34. The van der Waals surface area contributed by atoms with E-state index in [1.54, 1.807) is 0 Å². The summed E-state index contributed by atoms with van der Waals surface area (Å²) >= 11 is 3.51. The Hall–Kier alpha value is -0.670. The average Bonchev–Trinajstić information content (AvgIpc) is 2.94. The average molecular weight is 294 g/mol. The van der Waals surface area contributed by atoms with Gasteiger partial charge in [0.05, 0.1) is 0 Å². The van der Waals surface area contributed by atoms with E-state index in [4.69, 9.17) is 0 Å². The van der Waals surface area contributed by atoms with Crippen molar-refractivity contribution in [3.05, 3.63) is 34.3 Å². The van der Waals surface area contributed by atoms with E-state index in [0.717, 1.165) is 16.5 Å². The second-order valence-corrected chi connectivity index (χ2v) is 5.98. The van der Waals surface area contributed by atoms with Crippen LogP contribution in [0.4, 0.5) is 0 Å². The maximum absolute atomic E-state index is 12.3. The van der Waals surface area contributed by atoms with Gasteiger partial charge in [-0.15, -0.1) is 0 Å². The molecule has 2 aliphatic heterocycles. The second kappa shape index (κ2) is 4.54. The van der Waals surface area contributed by atoms with Crippen molar-refractivity contribution in [1.29, 1.82) is 0 Å². The molecule has 0 aromatic heterocycles. The summed E-state index contributed by atoms with van der Waals surface area (Å²) in [4.78, 5) is 12.3. The van der Waals surface area contributed by atoms with Crippen LogP contribution in [0.25, 0.3) is 0 Å². The minimum Gasteiger partial charge on any atom is -0.310 e. The molecule has 2 saturated heterocycles. The lowest BCUT2D eigenvalue weighted by molar-refractivity contribution is -0.122. The number of fused-ring (bicyclic) bond motifs is 2. The zero-order valence-corrected chi connectivity index (χ0v) is 11.2. The Kier molecular flexibility index (Phi) is 3.05. The number of rotatable bonds is 3. The van der Waals surface area contributed by atoms with Crippen LogP contribution in [-0.4, -0.2) is 17.9 Å². The predicted octanol–water partition coefficient (Wildman–Crippen LogP) is 2.70. The first-order valence-electron chi connectivity index (χ1n) is 6.26. The molecule has 1 aromatic rings. The van der Waals surface area contributed by atoms with Crippen LogP contribution in [0.5, 0.6) is 0 Å². The lowest BCUT2D eigenvalue weighted by Gasteiger charge is -2.18. The van der Waals surface area contributed by atoms with Crippen molar-refractivity contribution in [3.63, 3.8) is 0 Å². The Morgan fingerprint density at radius 1 is 1.35 bits per heavy atom. The second-order valence-electron chi connectivity index (χ2n) is 5.12. The van der Waals surface area contributed by atoms with Gasteiger partial charge in [-0.2, -0.15) is 0 Å². The molecule has 3 rings (SSSR count). The Labute approximate surface area is 110 Å². The van der Waals surface area contributed by atoms with E-state index in [0.29, 0.717) is 24.3 Å². The number of hydrogen-bond acceptors (Lipinski definition) is 2. The third-order valence-corrected chi connectivity index (χ3v) is 4.81. The van der Waals surface area contributed by atoms with E-state index < -0.39 is 0 Å². The van der Waals surface area contributed by atoms with Gasteiger partial charge in [0, 0.05) is 28.9 Å². The quantitative estimate of drug-likeness (QED) is 0.928. The number of benzene rings is 1. The SMILES string of the molecule is O=C(Cc1ccccc1Br)C1CC2CCC1N2. The normalized spacial score (nSPS) is 30.8. The highest BCUT2D eigenvalue weighted by molar-refractivity contribution is 9.10. The molecule has 2 heterocycles. The van der Waals surface area contributed by atoms with E-state index >= 15 is 0 Å². The molecule has 17 heavy (non-hydrogen) atoms. The Morgan fingerprint density at radius 3 is 2.82 bits per heavy atom. The highest BCUT2D eigenvalue weighted by atomic mass is 79.9. The van der Waals surface area contributed by atoms with Gasteiger partial charge in [0.2, 0.25) is 0 Å². The number of halogens is 1. The van der Waals surface area contributed by atoms with Crippen molar-refractivity contribution in [3.8, 4) is 0 Å². The van der Waals surface area contributed by atoms with E-state index in [1.165, 1.54) is 12.8 Å². The summed E-state index contributed by atoms with van der Waals surface area (Å²) in [5, 5.41) is 3.53. The molecule has 0 radical (unpaired) electrons. The minimum atomic E-state index is 0.251. The number of nitrogens with one attached hydrogen (secondary N) is 1. The Balaban J connectivity index is 1.70. The van der Waals surface area contributed by atoms with Crippen molar-refractivity contribution < 1.29 is 4.79 Å². The summed E-state index contributed by atoms with van der Waals surface area (Å²) in [5.41, 5.74) is 1.11. The van der Waals surface area contributed by atoms with E-state index in [-0.39, 0.29) is 5.92 Å². The summed E-state index contributed by atoms with van der Waals surface area (Å²) in [6.07, 6.45) is 4.05. The van der Waals surface area contributed by atoms with Gasteiger partial charge in [-0.25, -0.2) is 0 Å². The van der Waals surface area contributed by atoms with Crippen LogP contribution < -0.4 is 5.32 Å². The summed E-state index contributed by atoms with van der Waals surface area (Å²) in [6.45, 7) is 0. The van der Waals surface area contributed by atoms with Crippen LogP contribution in [-0.2, 0) is 11.2 Å². The molecule has 2 fully saturated rings. The maximum atomic E-state index is 12.3. The summed E-state index contributed by atoms with van der Waals surface area (Å²) < 4.78 is 1.05. The summed E-state index contributed by atoms with van der Waals surface area (Å²) in [7, 11) is 0. The van der Waals surface area contributed by atoms with Crippen LogP contribution >= 0.6 is 15.9 Å². The molecule has 3 atom stereocenters. The number of ketones is 1. The standard InChI is InChI=1S/C14H16BrNO/c15-12-4-2-1-3-9(12)7-14(17)11-8-10-5-6-13(11)16-10/h1-4,10-11,13,16H,5-8H2.